The summed E-state index contributed by atoms with van der Waals surface area (Å²) in [5.74, 6) is 0.418. The highest BCUT2D eigenvalue weighted by molar-refractivity contribution is 6.53. The fraction of sp³-hybridized carbons (Fsp3) is 0.526. The Morgan fingerprint density at radius 3 is 2.21 bits per heavy atom. The van der Waals surface area contributed by atoms with Gasteiger partial charge >= 0.3 is 0 Å². The zero-order valence-corrected chi connectivity index (χ0v) is 14.7. The zero-order valence-electron chi connectivity index (χ0n) is 14.7. The number of methoxy groups -OCH3 is 2. The smallest absolute Gasteiger partial charge is 0.211 e. The number of carbonyl (C=O) groups excluding carboxylic acids is 2. The summed E-state index contributed by atoms with van der Waals surface area (Å²) in [4.78, 5) is 29.6. The number of ketones is 2. The first kappa shape index (κ1) is 18.2. The number of carbonyl (C=O) groups is 2. The topological polar surface area (TPSA) is 65.0 Å². The largest absolute Gasteiger partial charge is 0.496 e. The summed E-state index contributed by atoms with van der Waals surface area (Å²) in [5, 5.41) is 0. The number of unbranched alkanes of at least 4 members (excludes halogenated alkanes) is 4. The lowest BCUT2D eigenvalue weighted by Gasteiger charge is -2.20. The standard InChI is InChI=1S/C19H25NO4/c1-4-5-6-7-8-11-20-13-12-14(21)17-15(23-2)9-10-16(24-3)18(17)19(13)22/h9-10H,4-8,11-12H2,1-3H3. The van der Waals surface area contributed by atoms with E-state index in [0.29, 0.717) is 29.3 Å². The molecule has 0 bridgehead atoms. The van der Waals surface area contributed by atoms with Gasteiger partial charge in [-0.3, -0.25) is 14.6 Å². The highest BCUT2D eigenvalue weighted by Gasteiger charge is 2.34. The normalized spacial score (nSPS) is 15.5. The van der Waals surface area contributed by atoms with Crippen molar-refractivity contribution in [3.05, 3.63) is 23.3 Å². The van der Waals surface area contributed by atoms with Gasteiger partial charge in [-0.25, -0.2) is 0 Å². The van der Waals surface area contributed by atoms with Crippen LogP contribution in [0.4, 0.5) is 0 Å². The Balaban J connectivity index is 2.21. The van der Waals surface area contributed by atoms with E-state index in [1.54, 1.807) is 12.1 Å². The molecule has 0 heterocycles. The minimum Gasteiger partial charge on any atom is -0.496 e. The maximum absolute atomic E-state index is 12.8. The Kier molecular flexibility index (Phi) is 6.53. The molecule has 5 heteroatoms. The first-order valence-corrected chi connectivity index (χ1v) is 8.50. The van der Waals surface area contributed by atoms with Crippen molar-refractivity contribution in [3.8, 4) is 11.5 Å². The van der Waals surface area contributed by atoms with Gasteiger partial charge in [0.2, 0.25) is 5.78 Å². The van der Waals surface area contributed by atoms with E-state index in [-0.39, 0.29) is 23.6 Å². The number of hydrogen-bond donors (Lipinski definition) is 0. The molecule has 1 aliphatic carbocycles. The van der Waals surface area contributed by atoms with E-state index < -0.39 is 0 Å². The summed E-state index contributed by atoms with van der Waals surface area (Å²) in [7, 11) is 2.97. The van der Waals surface area contributed by atoms with Crippen molar-refractivity contribution in [2.24, 2.45) is 4.99 Å². The maximum Gasteiger partial charge on any atom is 0.211 e. The van der Waals surface area contributed by atoms with Crippen LogP contribution in [0.15, 0.2) is 17.1 Å². The van der Waals surface area contributed by atoms with Gasteiger partial charge in [0, 0.05) is 6.54 Å². The van der Waals surface area contributed by atoms with Gasteiger partial charge in [0.15, 0.2) is 5.78 Å². The summed E-state index contributed by atoms with van der Waals surface area (Å²) in [6.45, 7) is 2.76. The van der Waals surface area contributed by atoms with Gasteiger partial charge in [-0.1, -0.05) is 32.6 Å². The van der Waals surface area contributed by atoms with E-state index >= 15 is 0 Å². The number of Topliss-reactive ketones (excluding diaryl/α,β-unsaturated/α-hetero) is 2. The Morgan fingerprint density at radius 1 is 0.958 bits per heavy atom. The number of benzene rings is 1. The third-order valence-corrected chi connectivity index (χ3v) is 4.23. The molecule has 0 unspecified atom stereocenters. The zero-order chi connectivity index (χ0) is 17.5. The number of nitrogens with zero attached hydrogens (tertiary/aromatic N) is 1. The number of hydrogen-bond acceptors (Lipinski definition) is 5. The summed E-state index contributed by atoms with van der Waals surface area (Å²) < 4.78 is 10.5. The molecule has 0 spiro atoms. The van der Waals surface area contributed by atoms with Crippen LogP contribution in [0.25, 0.3) is 0 Å². The van der Waals surface area contributed by atoms with Gasteiger partial charge in [0.25, 0.3) is 0 Å². The molecule has 0 atom stereocenters. The fourth-order valence-electron chi connectivity index (χ4n) is 2.93. The molecule has 130 valence electrons. The second-order valence-electron chi connectivity index (χ2n) is 5.89. The summed E-state index contributed by atoms with van der Waals surface area (Å²) >= 11 is 0. The van der Waals surface area contributed by atoms with Crippen LogP contribution < -0.4 is 9.47 Å². The van der Waals surface area contributed by atoms with Crippen LogP contribution in [0, 0.1) is 0 Å². The molecule has 1 aromatic rings. The van der Waals surface area contributed by atoms with Gasteiger partial charge in [0.1, 0.15) is 11.5 Å². The number of aliphatic imine (C=N–C) groups is 1. The van der Waals surface area contributed by atoms with Crippen LogP contribution in [0.3, 0.4) is 0 Å². The number of rotatable bonds is 8. The highest BCUT2D eigenvalue weighted by Crippen LogP contribution is 2.35. The molecule has 0 fully saturated rings. The van der Waals surface area contributed by atoms with Crippen molar-refractivity contribution < 1.29 is 19.1 Å². The molecule has 1 aromatic carbocycles. The molecule has 0 saturated carbocycles. The van der Waals surface area contributed by atoms with Crippen LogP contribution in [0.2, 0.25) is 0 Å². The predicted molar refractivity (Wildman–Crippen MR) is 93.9 cm³/mol. The van der Waals surface area contributed by atoms with Crippen LogP contribution in [-0.2, 0) is 0 Å². The van der Waals surface area contributed by atoms with Crippen molar-refractivity contribution in [1.29, 1.82) is 0 Å². The molecule has 24 heavy (non-hydrogen) atoms. The molecule has 5 nitrogen and oxygen atoms in total. The lowest BCUT2D eigenvalue weighted by atomic mass is 9.86. The van der Waals surface area contributed by atoms with Gasteiger partial charge < -0.3 is 9.47 Å². The average Bonchev–Trinajstić information content (AvgIpc) is 2.60. The van der Waals surface area contributed by atoms with Crippen LogP contribution in [-0.4, -0.2) is 38.0 Å². The number of fused-ring (bicyclic) bond motifs is 1. The van der Waals surface area contributed by atoms with Crippen molar-refractivity contribution in [1.82, 2.24) is 0 Å². The van der Waals surface area contributed by atoms with E-state index in [2.05, 4.69) is 11.9 Å². The lowest BCUT2D eigenvalue weighted by Crippen LogP contribution is -2.28. The third-order valence-electron chi connectivity index (χ3n) is 4.23. The van der Waals surface area contributed by atoms with Crippen molar-refractivity contribution in [2.45, 2.75) is 45.4 Å². The first-order valence-electron chi connectivity index (χ1n) is 8.50. The second-order valence-corrected chi connectivity index (χ2v) is 5.89. The minimum atomic E-state index is -0.228. The van der Waals surface area contributed by atoms with E-state index in [1.807, 2.05) is 0 Å². The monoisotopic (exact) mass is 331 g/mol. The molecule has 2 rings (SSSR count). The number of ether oxygens (including phenoxy) is 2. The molecule has 0 aliphatic heterocycles. The van der Waals surface area contributed by atoms with Gasteiger partial charge in [-0.15, -0.1) is 0 Å². The molecule has 0 amide bonds. The molecular formula is C19H25NO4. The molecule has 0 radical (unpaired) electrons. The summed E-state index contributed by atoms with van der Waals surface area (Å²) in [6, 6.07) is 3.30. The van der Waals surface area contributed by atoms with E-state index in [4.69, 9.17) is 9.47 Å². The predicted octanol–water partition coefficient (Wildman–Crippen LogP) is 3.88. The Bertz CT molecular complexity index is 649. The van der Waals surface area contributed by atoms with Crippen molar-refractivity contribution >= 4 is 17.3 Å². The van der Waals surface area contributed by atoms with Gasteiger partial charge in [0.05, 0.1) is 37.5 Å². The molecule has 0 saturated heterocycles. The van der Waals surface area contributed by atoms with Crippen molar-refractivity contribution in [2.75, 3.05) is 20.8 Å². The van der Waals surface area contributed by atoms with Gasteiger partial charge in [-0.05, 0) is 18.6 Å². The quantitative estimate of drug-likeness (QED) is 0.678. The maximum atomic E-state index is 12.8. The van der Waals surface area contributed by atoms with Crippen LogP contribution >= 0.6 is 0 Å². The van der Waals surface area contributed by atoms with E-state index in [0.717, 1.165) is 12.8 Å². The second kappa shape index (κ2) is 8.62. The van der Waals surface area contributed by atoms with Crippen LogP contribution in [0.5, 0.6) is 11.5 Å². The molecule has 1 aliphatic rings. The average molecular weight is 331 g/mol. The highest BCUT2D eigenvalue weighted by atomic mass is 16.5. The lowest BCUT2D eigenvalue weighted by molar-refractivity contribution is 0.0959. The van der Waals surface area contributed by atoms with E-state index in [1.165, 1.54) is 33.5 Å². The van der Waals surface area contributed by atoms with Crippen LogP contribution in [0.1, 0.15) is 66.2 Å². The van der Waals surface area contributed by atoms with Gasteiger partial charge in [-0.2, -0.15) is 0 Å². The molecule has 0 aromatic heterocycles. The van der Waals surface area contributed by atoms with Crippen molar-refractivity contribution in [3.63, 3.8) is 0 Å². The SMILES string of the molecule is CCCCCCCN=C1CC(=O)c2c(OC)ccc(OC)c2C1=O. The molecule has 0 N–H and O–H groups in total. The summed E-state index contributed by atoms with van der Waals surface area (Å²) in [5.41, 5.74) is 0.913. The Labute approximate surface area is 143 Å². The minimum absolute atomic E-state index is 0.0321. The fourth-order valence-corrected chi connectivity index (χ4v) is 2.93. The Hall–Kier alpha value is -2.17. The summed E-state index contributed by atoms with van der Waals surface area (Å²) in [6.07, 6.45) is 5.66. The Morgan fingerprint density at radius 2 is 1.58 bits per heavy atom. The third kappa shape index (κ3) is 3.83. The first-order chi connectivity index (χ1) is 11.6. The van der Waals surface area contributed by atoms with E-state index in [9.17, 15) is 9.59 Å². The molecular weight excluding hydrogens is 306 g/mol.